The molecular weight excluding hydrogens is 389 g/mol. The van der Waals surface area contributed by atoms with Crippen molar-refractivity contribution in [2.45, 2.75) is 13.0 Å². The Hall–Kier alpha value is -2.63. The van der Waals surface area contributed by atoms with Gasteiger partial charge in [-0.1, -0.05) is 53.5 Å². The van der Waals surface area contributed by atoms with E-state index in [-0.39, 0.29) is 28.3 Å². The second-order valence-corrected chi connectivity index (χ2v) is 7.04. The smallest absolute Gasteiger partial charge is 0.289 e. The number of benzene rings is 2. The minimum Gasteiger partial charge on any atom is -0.503 e. The van der Waals surface area contributed by atoms with Gasteiger partial charge in [-0.3, -0.25) is 4.79 Å². The molecule has 3 aromatic rings. The normalized spacial score (nSPS) is 13.5. The van der Waals surface area contributed by atoms with Crippen molar-refractivity contribution in [1.82, 2.24) is 4.90 Å². The summed E-state index contributed by atoms with van der Waals surface area (Å²) in [6, 6.07) is 12.9. The standard InChI is InChI=1S/C20H15Cl2NO4/c21-16-12-8-9-23(10-13(12)17(22)19(25)18(16)24)20(26)15-7-6-14(27-15)11-4-2-1-3-5-11/h1-7,24-25H,8-10H2. The van der Waals surface area contributed by atoms with Crippen molar-refractivity contribution in [2.75, 3.05) is 6.54 Å². The number of hydrogen-bond donors (Lipinski definition) is 2. The van der Waals surface area contributed by atoms with Gasteiger partial charge in [0.15, 0.2) is 17.3 Å². The maximum Gasteiger partial charge on any atom is 0.289 e. The van der Waals surface area contributed by atoms with Gasteiger partial charge in [0.05, 0.1) is 10.0 Å². The molecule has 0 spiro atoms. The number of rotatable bonds is 2. The number of carbonyl (C=O) groups is 1. The Bertz CT molecular complexity index is 1030. The minimum absolute atomic E-state index is 0.00817. The summed E-state index contributed by atoms with van der Waals surface area (Å²) in [5.74, 6) is -0.345. The van der Waals surface area contributed by atoms with Crippen molar-refractivity contribution >= 4 is 29.1 Å². The van der Waals surface area contributed by atoms with Gasteiger partial charge in [0.1, 0.15) is 5.76 Å². The molecule has 0 radical (unpaired) electrons. The SMILES string of the molecule is O=C(c1ccc(-c2ccccc2)o1)N1CCc2c(Cl)c(O)c(O)c(Cl)c2C1. The molecule has 27 heavy (non-hydrogen) atoms. The Morgan fingerprint density at radius 1 is 0.963 bits per heavy atom. The second kappa shape index (κ2) is 6.83. The molecule has 0 fully saturated rings. The number of carbonyl (C=O) groups excluding carboxylic acids is 1. The molecule has 138 valence electrons. The van der Waals surface area contributed by atoms with Crippen LogP contribution in [-0.2, 0) is 13.0 Å². The predicted molar refractivity (Wildman–Crippen MR) is 102 cm³/mol. The van der Waals surface area contributed by atoms with Gasteiger partial charge >= 0.3 is 0 Å². The average molecular weight is 404 g/mol. The van der Waals surface area contributed by atoms with E-state index in [1.807, 2.05) is 30.3 Å². The highest BCUT2D eigenvalue weighted by Gasteiger charge is 2.30. The quantitative estimate of drug-likeness (QED) is 0.598. The molecule has 1 aliphatic rings. The fourth-order valence-electron chi connectivity index (χ4n) is 3.24. The number of furan rings is 1. The summed E-state index contributed by atoms with van der Waals surface area (Å²) in [6.07, 6.45) is 0.416. The highest BCUT2D eigenvalue weighted by molar-refractivity contribution is 6.36. The molecule has 0 atom stereocenters. The number of fused-ring (bicyclic) bond motifs is 1. The Kier molecular flexibility index (Phi) is 4.50. The zero-order chi connectivity index (χ0) is 19.1. The Morgan fingerprint density at radius 3 is 2.33 bits per heavy atom. The molecule has 1 amide bonds. The molecule has 0 aliphatic carbocycles. The molecule has 0 saturated carbocycles. The van der Waals surface area contributed by atoms with Crippen molar-refractivity contribution in [2.24, 2.45) is 0 Å². The van der Waals surface area contributed by atoms with Crippen LogP contribution in [0.2, 0.25) is 10.0 Å². The van der Waals surface area contributed by atoms with E-state index in [0.29, 0.717) is 29.9 Å². The first-order chi connectivity index (χ1) is 13.0. The first-order valence-corrected chi connectivity index (χ1v) is 9.08. The molecule has 0 saturated heterocycles. The maximum atomic E-state index is 12.8. The van der Waals surface area contributed by atoms with Gasteiger partial charge in [-0.15, -0.1) is 0 Å². The number of amides is 1. The van der Waals surface area contributed by atoms with E-state index in [9.17, 15) is 15.0 Å². The molecule has 2 heterocycles. The summed E-state index contributed by atoms with van der Waals surface area (Å²) in [4.78, 5) is 14.4. The fourth-order valence-corrected chi connectivity index (χ4v) is 3.80. The summed E-state index contributed by atoms with van der Waals surface area (Å²) in [7, 11) is 0. The molecular formula is C20H15Cl2NO4. The first-order valence-electron chi connectivity index (χ1n) is 8.32. The summed E-state index contributed by atoms with van der Waals surface area (Å²) in [6.45, 7) is 0.565. The highest BCUT2D eigenvalue weighted by Crippen LogP contribution is 2.46. The monoisotopic (exact) mass is 403 g/mol. The van der Waals surface area contributed by atoms with Crippen molar-refractivity contribution in [1.29, 1.82) is 0 Å². The third-order valence-electron chi connectivity index (χ3n) is 4.68. The van der Waals surface area contributed by atoms with Crippen LogP contribution >= 0.6 is 23.2 Å². The predicted octanol–water partition coefficient (Wildman–Crippen LogP) is 4.86. The minimum atomic E-state index is -0.473. The Balaban J connectivity index is 1.61. The van der Waals surface area contributed by atoms with Crippen LogP contribution in [0, 0.1) is 0 Å². The van der Waals surface area contributed by atoms with Gasteiger partial charge in [-0.05, 0) is 29.7 Å². The molecule has 1 aliphatic heterocycles. The van der Waals surface area contributed by atoms with Crippen LogP contribution in [0.25, 0.3) is 11.3 Å². The Labute approximate surface area is 165 Å². The van der Waals surface area contributed by atoms with Crippen LogP contribution in [0.3, 0.4) is 0 Å². The van der Waals surface area contributed by atoms with Crippen molar-refractivity contribution < 1.29 is 19.4 Å². The summed E-state index contributed by atoms with van der Waals surface area (Å²) in [5.41, 5.74) is 2.06. The summed E-state index contributed by atoms with van der Waals surface area (Å²) < 4.78 is 5.73. The zero-order valence-corrected chi connectivity index (χ0v) is 15.6. The molecule has 5 nitrogen and oxygen atoms in total. The molecule has 0 bridgehead atoms. The van der Waals surface area contributed by atoms with Gasteiger partial charge < -0.3 is 19.5 Å². The van der Waals surface area contributed by atoms with E-state index >= 15 is 0 Å². The number of nitrogens with zero attached hydrogens (tertiary/aromatic N) is 1. The zero-order valence-electron chi connectivity index (χ0n) is 14.1. The van der Waals surface area contributed by atoms with Crippen LogP contribution < -0.4 is 0 Å². The van der Waals surface area contributed by atoms with Crippen molar-refractivity contribution in [3.05, 3.63) is 69.4 Å². The average Bonchev–Trinajstić information content (AvgIpc) is 3.20. The van der Waals surface area contributed by atoms with E-state index in [4.69, 9.17) is 27.6 Å². The molecule has 2 aromatic carbocycles. The largest absolute Gasteiger partial charge is 0.503 e. The van der Waals surface area contributed by atoms with E-state index in [1.54, 1.807) is 17.0 Å². The molecule has 1 aromatic heterocycles. The van der Waals surface area contributed by atoms with Crippen LogP contribution in [-0.4, -0.2) is 27.6 Å². The van der Waals surface area contributed by atoms with Crippen LogP contribution in [0.15, 0.2) is 46.9 Å². The third-order valence-corrected chi connectivity index (χ3v) is 5.49. The number of halogens is 2. The number of phenols is 2. The van der Waals surface area contributed by atoms with Crippen molar-refractivity contribution in [3.8, 4) is 22.8 Å². The Morgan fingerprint density at radius 2 is 1.63 bits per heavy atom. The molecule has 2 N–H and O–H groups in total. The summed E-state index contributed by atoms with van der Waals surface area (Å²) >= 11 is 12.3. The second-order valence-electron chi connectivity index (χ2n) is 6.29. The van der Waals surface area contributed by atoms with Gasteiger partial charge in [-0.25, -0.2) is 0 Å². The highest BCUT2D eigenvalue weighted by atomic mass is 35.5. The molecule has 0 unspecified atom stereocenters. The van der Waals surface area contributed by atoms with Gasteiger partial charge in [0.2, 0.25) is 0 Å². The van der Waals surface area contributed by atoms with Crippen LogP contribution in [0.5, 0.6) is 11.5 Å². The fraction of sp³-hybridized carbons (Fsp3) is 0.150. The lowest BCUT2D eigenvalue weighted by Gasteiger charge is -2.30. The van der Waals surface area contributed by atoms with E-state index < -0.39 is 11.5 Å². The molecule has 4 rings (SSSR count). The van der Waals surface area contributed by atoms with Crippen LogP contribution in [0.1, 0.15) is 21.7 Å². The van der Waals surface area contributed by atoms with Gasteiger partial charge in [-0.2, -0.15) is 0 Å². The maximum absolute atomic E-state index is 12.8. The van der Waals surface area contributed by atoms with E-state index in [1.165, 1.54) is 0 Å². The van der Waals surface area contributed by atoms with Crippen LogP contribution in [0.4, 0.5) is 0 Å². The third kappa shape index (κ3) is 3.03. The number of hydrogen-bond acceptors (Lipinski definition) is 4. The lowest BCUT2D eigenvalue weighted by molar-refractivity contribution is 0.0703. The van der Waals surface area contributed by atoms with E-state index in [0.717, 1.165) is 5.56 Å². The lowest BCUT2D eigenvalue weighted by atomic mass is 9.98. The summed E-state index contributed by atoms with van der Waals surface area (Å²) in [5, 5.41) is 19.9. The number of aromatic hydroxyl groups is 2. The lowest BCUT2D eigenvalue weighted by Crippen LogP contribution is -2.36. The van der Waals surface area contributed by atoms with Gasteiger partial charge in [0.25, 0.3) is 5.91 Å². The van der Waals surface area contributed by atoms with Gasteiger partial charge in [0, 0.05) is 18.7 Å². The van der Waals surface area contributed by atoms with Crippen molar-refractivity contribution in [3.63, 3.8) is 0 Å². The van der Waals surface area contributed by atoms with E-state index in [2.05, 4.69) is 0 Å². The number of phenolic OH excluding ortho intramolecular Hbond substituents is 2. The molecule has 7 heteroatoms. The first kappa shape index (κ1) is 17.8. The topological polar surface area (TPSA) is 73.9 Å².